The van der Waals surface area contributed by atoms with Gasteiger partial charge in [-0.1, -0.05) is 0 Å². The third kappa shape index (κ3) is 9.76. The van der Waals surface area contributed by atoms with E-state index >= 15 is 0 Å². The molecule has 1 amide bonds. The fourth-order valence-corrected chi connectivity index (χ4v) is 5.92. The SMILES string of the molecule is COCc1cnc(N2CCC(CCCOc3cc(F)c(CC(=O)N4CC[C@@H](CNCC(CO)(CO)CO)C4)c(F)c3)CC2)nc1. The van der Waals surface area contributed by atoms with Gasteiger partial charge in [-0.2, -0.15) is 0 Å². The number of carbonyl (C=O) groups excluding carboxylic acids is 1. The van der Waals surface area contributed by atoms with Crippen molar-refractivity contribution < 1.29 is 38.4 Å². The van der Waals surface area contributed by atoms with Gasteiger partial charge >= 0.3 is 0 Å². The number of anilines is 1. The van der Waals surface area contributed by atoms with Crippen molar-refractivity contribution in [1.82, 2.24) is 20.2 Å². The third-order valence-corrected chi connectivity index (χ3v) is 8.95. The summed E-state index contributed by atoms with van der Waals surface area (Å²) in [5.41, 5.74) is -0.337. The molecule has 2 aromatic rings. The highest BCUT2D eigenvalue weighted by atomic mass is 19.1. The molecule has 0 aliphatic carbocycles. The summed E-state index contributed by atoms with van der Waals surface area (Å²) in [6, 6.07) is 2.29. The van der Waals surface area contributed by atoms with Crippen LogP contribution in [0.15, 0.2) is 24.5 Å². The van der Waals surface area contributed by atoms with Crippen molar-refractivity contribution in [2.45, 2.75) is 45.1 Å². The minimum atomic E-state index is -1.01. The van der Waals surface area contributed by atoms with Crippen LogP contribution >= 0.6 is 0 Å². The summed E-state index contributed by atoms with van der Waals surface area (Å²) in [5.74, 6) is -0.442. The summed E-state index contributed by atoms with van der Waals surface area (Å²) in [6.45, 7) is 3.20. The van der Waals surface area contributed by atoms with Crippen LogP contribution in [0.1, 0.15) is 43.2 Å². The molecular weight excluding hydrogens is 588 g/mol. The van der Waals surface area contributed by atoms with E-state index in [9.17, 15) is 28.9 Å². The van der Waals surface area contributed by atoms with Gasteiger partial charge in [-0.15, -0.1) is 0 Å². The zero-order valence-electron chi connectivity index (χ0n) is 26.1. The predicted octanol–water partition coefficient (Wildman–Crippen LogP) is 1.92. The number of hydrogen-bond acceptors (Lipinski definition) is 10. The molecule has 13 heteroatoms. The fourth-order valence-electron chi connectivity index (χ4n) is 5.92. The number of hydrogen-bond donors (Lipinski definition) is 4. The first-order chi connectivity index (χ1) is 21.8. The Bertz CT molecular complexity index is 1180. The smallest absolute Gasteiger partial charge is 0.227 e. The second-order valence-electron chi connectivity index (χ2n) is 12.4. The molecule has 1 aromatic carbocycles. The molecule has 2 saturated heterocycles. The average Bonchev–Trinajstić information content (AvgIpc) is 3.53. The van der Waals surface area contributed by atoms with E-state index in [1.165, 1.54) is 0 Å². The second kappa shape index (κ2) is 17.1. The van der Waals surface area contributed by atoms with Crippen molar-refractivity contribution >= 4 is 11.9 Å². The Labute approximate surface area is 263 Å². The Morgan fingerprint density at radius 1 is 1.02 bits per heavy atom. The van der Waals surface area contributed by atoms with E-state index in [0.717, 1.165) is 68.8 Å². The molecule has 2 fully saturated rings. The highest BCUT2D eigenvalue weighted by molar-refractivity contribution is 5.79. The van der Waals surface area contributed by atoms with Gasteiger partial charge in [-0.25, -0.2) is 18.7 Å². The lowest BCUT2D eigenvalue weighted by Crippen LogP contribution is -2.44. The maximum atomic E-state index is 14.9. The van der Waals surface area contributed by atoms with Crippen LogP contribution in [-0.2, 0) is 22.6 Å². The molecule has 1 aromatic heterocycles. The van der Waals surface area contributed by atoms with Gasteiger partial charge in [0, 0.05) is 75.5 Å². The molecule has 0 spiro atoms. The van der Waals surface area contributed by atoms with Gasteiger partial charge in [0.1, 0.15) is 17.4 Å². The molecular formula is C32H47F2N5O6. The van der Waals surface area contributed by atoms with Crippen LogP contribution in [0.5, 0.6) is 5.75 Å². The maximum Gasteiger partial charge on any atom is 0.227 e. The number of aliphatic hydroxyl groups excluding tert-OH is 3. The van der Waals surface area contributed by atoms with Gasteiger partial charge in [0.15, 0.2) is 0 Å². The Morgan fingerprint density at radius 2 is 1.67 bits per heavy atom. The van der Waals surface area contributed by atoms with Gasteiger partial charge in [0.2, 0.25) is 11.9 Å². The number of nitrogens with one attached hydrogen (secondary N) is 1. The number of piperidine rings is 1. The normalized spacial score (nSPS) is 17.7. The van der Waals surface area contributed by atoms with E-state index in [1.54, 1.807) is 24.4 Å². The van der Waals surface area contributed by atoms with Crippen LogP contribution in [0.2, 0.25) is 0 Å². The van der Waals surface area contributed by atoms with Crippen LogP contribution in [0.25, 0.3) is 0 Å². The number of aromatic nitrogens is 2. The predicted molar refractivity (Wildman–Crippen MR) is 164 cm³/mol. The van der Waals surface area contributed by atoms with Crippen LogP contribution < -0.4 is 15.0 Å². The number of benzene rings is 1. The highest BCUT2D eigenvalue weighted by Gasteiger charge is 2.31. The molecule has 11 nitrogen and oxygen atoms in total. The summed E-state index contributed by atoms with van der Waals surface area (Å²) < 4.78 is 40.5. The van der Waals surface area contributed by atoms with Crippen molar-refractivity contribution in [2.24, 2.45) is 17.3 Å². The lowest BCUT2D eigenvalue weighted by atomic mass is 9.91. The average molecular weight is 636 g/mol. The largest absolute Gasteiger partial charge is 0.493 e. The van der Waals surface area contributed by atoms with Crippen molar-refractivity contribution in [3.63, 3.8) is 0 Å². The van der Waals surface area contributed by atoms with Crippen molar-refractivity contribution in [3.8, 4) is 5.75 Å². The van der Waals surface area contributed by atoms with Crippen LogP contribution in [0.4, 0.5) is 14.7 Å². The van der Waals surface area contributed by atoms with E-state index in [0.29, 0.717) is 38.8 Å². The number of amides is 1. The Hall–Kier alpha value is -2.97. The van der Waals surface area contributed by atoms with Crippen LogP contribution in [0, 0.1) is 28.9 Å². The number of nitrogens with zero attached hydrogens (tertiary/aromatic N) is 4. The summed E-state index contributed by atoms with van der Waals surface area (Å²) in [6.07, 6.45) is 7.68. The summed E-state index contributed by atoms with van der Waals surface area (Å²) in [5, 5.41) is 31.5. The summed E-state index contributed by atoms with van der Waals surface area (Å²) in [4.78, 5) is 25.5. The topological polar surface area (TPSA) is 141 Å². The first-order valence-electron chi connectivity index (χ1n) is 15.8. The Morgan fingerprint density at radius 3 is 2.29 bits per heavy atom. The molecule has 4 N–H and O–H groups in total. The number of rotatable bonds is 17. The molecule has 250 valence electrons. The first-order valence-corrected chi connectivity index (χ1v) is 15.8. The summed E-state index contributed by atoms with van der Waals surface area (Å²) in [7, 11) is 1.64. The van der Waals surface area contributed by atoms with Crippen molar-refractivity contribution in [1.29, 1.82) is 0 Å². The number of likely N-dealkylation sites (tertiary alicyclic amines) is 1. The number of ether oxygens (including phenoxy) is 2. The minimum absolute atomic E-state index is 0.113. The number of halogens is 2. The molecule has 1 atom stereocenters. The fraction of sp³-hybridized carbons (Fsp3) is 0.656. The molecule has 4 rings (SSSR count). The molecule has 0 bridgehead atoms. The molecule has 0 unspecified atom stereocenters. The molecule has 0 saturated carbocycles. The van der Waals surface area contributed by atoms with Crippen molar-refractivity contribution in [2.75, 3.05) is 77.7 Å². The monoisotopic (exact) mass is 635 g/mol. The minimum Gasteiger partial charge on any atom is -0.493 e. The highest BCUT2D eigenvalue weighted by Crippen LogP contribution is 2.26. The second-order valence-corrected chi connectivity index (χ2v) is 12.4. The van der Waals surface area contributed by atoms with E-state index in [1.807, 2.05) is 0 Å². The standard InChI is InChI=1S/C32H47F2N5O6/c1-44-18-25-15-36-31(37-16-25)38-7-4-23(5-8-38)3-2-10-45-26-11-28(33)27(29(34)12-26)13-30(43)39-9-6-24(17-39)14-35-19-32(20-40,21-41)22-42/h11-12,15-16,23-24,35,40-42H,2-10,13-14,17-22H2,1H3/t24-/m0/s1. The molecule has 45 heavy (non-hydrogen) atoms. The van der Waals surface area contributed by atoms with Gasteiger partial charge < -0.3 is 39.9 Å². The molecule has 0 radical (unpaired) electrons. The quantitative estimate of drug-likeness (QED) is 0.191. The number of aliphatic hydroxyl groups is 3. The van der Waals surface area contributed by atoms with E-state index in [-0.39, 0.29) is 55.9 Å². The molecule has 3 heterocycles. The third-order valence-electron chi connectivity index (χ3n) is 8.95. The van der Waals surface area contributed by atoms with Crippen molar-refractivity contribution in [3.05, 3.63) is 47.3 Å². The zero-order valence-corrected chi connectivity index (χ0v) is 26.1. The van der Waals surface area contributed by atoms with E-state index < -0.39 is 17.0 Å². The Balaban J connectivity index is 1.15. The lowest BCUT2D eigenvalue weighted by Gasteiger charge is -2.32. The van der Waals surface area contributed by atoms with Gasteiger partial charge in [0.05, 0.1) is 44.9 Å². The van der Waals surface area contributed by atoms with Gasteiger partial charge in [-0.05, 0) is 50.5 Å². The van der Waals surface area contributed by atoms with Crippen LogP contribution in [-0.4, -0.2) is 109 Å². The van der Waals surface area contributed by atoms with Crippen LogP contribution in [0.3, 0.4) is 0 Å². The lowest BCUT2D eigenvalue weighted by molar-refractivity contribution is -0.129. The number of carbonyl (C=O) groups is 1. The van der Waals surface area contributed by atoms with Gasteiger partial charge in [-0.3, -0.25) is 4.79 Å². The van der Waals surface area contributed by atoms with E-state index in [2.05, 4.69) is 20.2 Å². The maximum absolute atomic E-state index is 14.9. The van der Waals surface area contributed by atoms with Gasteiger partial charge in [0.25, 0.3) is 0 Å². The molecule has 2 aliphatic rings. The zero-order chi connectivity index (χ0) is 32.2. The number of methoxy groups -OCH3 is 1. The summed E-state index contributed by atoms with van der Waals surface area (Å²) >= 11 is 0. The van der Waals surface area contributed by atoms with E-state index in [4.69, 9.17) is 9.47 Å². The molecule has 2 aliphatic heterocycles. The first kappa shape index (κ1) is 34.9. The Kier molecular flexibility index (Phi) is 13.2.